The van der Waals surface area contributed by atoms with Crippen molar-refractivity contribution in [3.8, 4) is 0 Å². The number of benzene rings is 2. The third-order valence-electron chi connectivity index (χ3n) is 3.03. The van der Waals surface area contributed by atoms with Crippen molar-refractivity contribution in [1.82, 2.24) is 0 Å². The van der Waals surface area contributed by atoms with Gasteiger partial charge >= 0.3 is 0 Å². The van der Waals surface area contributed by atoms with Gasteiger partial charge in [0.05, 0.1) is 0 Å². The molecule has 0 unspecified atom stereocenters. The van der Waals surface area contributed by atoms with Gasteiger partial charge in [0.15, 0.2) is 5.78 Å². The molecule has 0 fully saturated rings. The third-order valence-corrected chi connectivity index (χ3v) is 3.48. The van der Waals surface area contributed by atoms with Gasteiger partial charge in [0.25, 0.3) is 0 Å². The number of carbonyl (C=O) groups excluding carboxylic acids is 1. The second-order valence-corrected chi connectivity index (χ2v) is 5.60. The summed E-state index contributed by atoms with van der Waals surface area (Å²) in [6.07, 6.45) is 0.222. The maximum absolute atomic E-state index is 13.2. The largest absolute Gasteiger partial charge is 0.294 e. The summed E-state index contributed by atoms with van der Waals surface area (Å²) in [5.41, 5.74) is 3.34. The first-order valence-corrected chi connectivity index (χ1v) is 6.80. The summed E-state index contributed by atoms with van der Waals surface area (Å²) in [5.74, 6) is -0.308. The van der Waals surface area contributed by atoms with E-state index in [1.165, 1.54) is 12.1 Å². The topological polar surface area (TPSA) is 17.1 Å². The molecule has 98 valence electrons. The van der Waals surface area contributed by atoms with Crippen molar-refractivity contribution in [2.24, 2.45) is 0 Å². The zero-order valence-electron chi connectivity index (χ0n) is 10.8. The van der Waals surface area contributed by atoms with Crippen LogP contribution in [0.1, 0.15) is 27.0 Å². The van der Waals surface area contributed by atoms with Crippen LogP contribution in [0.4, 0.5) is 4.39 Å². The van der Waals surface area contributed by atoms with Crippen LogP contribution in [0.5, 0.6) is 0 Å². The highest BCUT2D eigenvalue weighted by atomic mass is 79.9. The van der Waals surface area contributed by atoms with Gasteiger partial charge < -0.3 is 0 Å². The number of aryl methyl sites for hydroxylation is 2. The molecule has 0 saturated carbocycles. The molecule has 1 nitrogen and oxygen atoms in total. The van der Waals surface area contributed by atoms with Crippen LogP contribution in [-0.4, -0.2) is 5.78 Å². The minimum Gasteiger partial charge on any atom is -0.294 e. The predicted octanol–water partition coefficient (Wildman–Crippen LogP) is 4.63. The fourth-order valence-corrected chi connectivity index (χ4v) is 2.61. The standard InChI is InChI=1S/C16H14BrFO/c1-10-5-13(7-14(17)6-10)16(19)9-12-8-15(18)4-3-11(12)2/h3-8H,9H2,1-2H3. The van der Waals surface area contributed by atoms with E-state index in [9.17, 15) is 9.18 Å². The molecular weight excluding hydrogens is 307 g/mol. The van der Waals surface area contributed by atoms with Crippen LogP contribution in [-0.2, 0) is 6.42 Å². The lowest BCUT2D eigenvalue weighted by Gasteiger charge is -2.07. The number of hydrogen-bond donors (Lipinski definition) is 0. The quantitative estimate of drug-likeness (QED) is 0.753. The van der Waals surface area contributed by atoms with Crippen LogP contribution in [0.25, 0.3) is 0 Å². The van der Waals surface area contributed by atoms with Crippen LogP contribution < -0.4 is 0 Å². The Morgan fingerprint density at radius 1 is 1.16 bits per heavy atom. The van der Waals surface area contributed by atoms with Gasteiger partial charge in [-0.25, -0.2) is 4.39 Å². The molecule has 2 aromatic rings. The zero-order valence-corrected chi connectivity index (χ0v) is 12.4. The van der Waals surface area contributed by atoms with Crippen LogP contribution in [0.2, 0.25) is 0 Å². The van der Waals surface area contributed by atoms with Gasteiger partial charge in [-0.15, -0.1) is 0 Å². The van der Waals surface area contributed by atoms with Crippen LogP contribution >= 0.6 is 15.9 Å². The molecular formula is C16H14BrFO. The fraction of sp³-hybridized carbons (Fsp3) is 0.188. The van der Waals surface area contributed by atoms with E-state index in [-0.39, 0.29) is 18.0 Å². The number of hydrogen-bond acceptors (Lipinski definition) is 1. The molecule has 0 radical (unpaired) electrons. The van der Waals surface area contributed by atoms with Gasteiger partial charge in [-0.3, -0.25) is 4.79 Å². The van der Waals surface area contributed by atoms with E-state index in [0.29, 0.717) is 5.56 Å². The molecule has 0 heterocycles. The number of rotatable bonds is 3. The minimum atomic E-state index is -0.307. The van der Waals surface area contributed by atoms with Crippen LogP contribution in [0.15, 0.2) is 40.9 Å². The fourth-order valence-electron chi connectivity index (χ4n) is 2.00. The Balaban J connectivity index is 2.28. The van der Waals surface area contributed by atoms with E-state index in [1.807, 2.05) is 26.0 Å². The third kappa shape index (κ3) is 3.51. The molecule has 0 N–H and O–H groups in total. The summed E-state index contributed by atoms with van der Waals surface area (Å²) < 4.78 is 14.1. The van der Waals surface area contributed by atoms with E-state index in [1.54, 1.807) is 12.1 Å². The van der Waals surface area contributed by atoms with Gasteiger partial charge in [0.2, 0.25) is 0 Å². The average molecular weight is 321 g/mol. The number of halogens is 2. The Morgan fingerprint density at radius 2 is 1.89 bits per heavy atom. The summed E-state index contributed by atoms with van der Waals surface area (Å²) in [5, 5.41) is 0. The normalized spacial score (nSPS) is 10.5. The van der Waals surface area contributed by atoms with Crippen molar-refractivity contribution in [1.29, 1.82) is 0 Å². The molecule has 2 aromatic carbocycles. The maximum Gasteiger partial charge on any atom is 0.167 e. The smallest absolute Gasteiger partial charge is 0.167 e. The lowest BCUT2D eigenvalue weighted by atomic mass is 9.98. The van der Waals surface area contributed by atoms with Crippen molar-refractivity contribution in [3.63, 3.8) is 0 Å². The monoisotopic (exact) mass is 320 g/mol. The lowest BCUT2D eigenvalue weighted by molar-refractivity contribution is 0.0992. The van der Waals surface area contributed by atoms with Crippen molar-refractivity contribution in [3.05, 3.63) is 68.9 Å². The van der Waals surface area contributed by atoms with Crippen molar-refractivity contribution >= 4 is 21.7 Å². The molecule has 0 bridgehead atoms. The molecule has 19 heavy (non-hydrogen) atoms. The Hall–Kier alpha value is -1.48. The summed E-state index contributed by atoms with van der Waals surface area (Å²) >= 11 is 3.38. The Kier molecular flexibility index (Phi) is 4.15. The number of carbonyl (C=O) groups is 1. The van der Waals surface area contributed by atoms with Crippen LogP contribution in [0.3, 0.4) is 0 Å². The first kappa shape index (κ1) is 13.9. The molecule has 0 saturated heterocycles. The molecule has 0 amide bonds. The van der Waals surface area contributed by atoms with E-state index in [4.69, 9.17) is 0 Å². The number of ketones is 1. The molecule has 0 aliphatic rings. The zero-order chi connectivity index (χ0) is 14.0. The minimum absolute atomic E-state index is 0.00176. The molecule has 0 spiro atoms. The second-order valence-electron chi connectivity index (χ2n) is 4.69. The number of Topliss-reactive ketones (excluding diaryl/α,β-unsaturated/α-hetero) is 1. The van der Waals surface area contributed by atoms with Gasteiger partial charge in [-0.2, -0.15) is 0 Å². The lowest BCUT2D eigenvalue weighted by Crippen LogP contribution is -2.05. The van der Waals surface area contributed by atoms with E-state index >= 15 is 0 Å². The van der Waals surface area contributed by atoms with E-state index in [0.717, 1.165) is 21.2 Å². The highest BCUT2D eigenvalue weighted by Crippen LogP contribution is 2.18. The molecule has 0 aromatic heterocycles. The molecule has 3 heteroatoms. The first-order valence-electron chi connectivity index (χ1n) is 6.01. The Bertz CT molecular complexity index is 614. The van der Waals surface area contributed by atoms with E-state index < -0.39 is 0 Å². The van der Waals surface area contributed by atoms with Gasteiger partial charge in [0.1, 0.15) is 5.82 Å². The summed E-state index contributed by atoms with van der Waals surface area (Å²) in [7, 11) is 0. The summed E-state index contributed by atoms with van der Waals surface area (Å²) in [6.45, 7) is 3.82. The molecule has 0 atom stereocenters. The van der Waals surface area contributed by atoms with Crippen LogP contribution in [0, 0.1) is 19.7 Å². The predicted molar refractivity (Wildman–Crippen MR) is 78.1 cm³/mol. The van der Waals surface area contributed by atoms with Crippen molar-refractivity contribution in [2.75, 3.05) is 0 Å². The summed E-state index contributed by atoms with van der Waals surface area (Å²) in [6, 6.07) is 10.1. The van der Waals surface area contributed by atoms with Gasteiger partial charge in [0, 0.05) is 16.5 Å². The summed E-state index contributed by atoms with van der Waals surface area (Å²) in [4.78, 5) is 12.2. The molecule has 2 rings (SSSR count). The van der Waals surface area contributed by atoms with Crippen molar-refractivity contribution in [2.45, 2.75) is 20.3 Å². The highest BCUT2D eigenvalue weighted by molar-refractivity contribution is 9.10. The van der Waals surface area contributed by atoms with Gasteiger partial charge in [-0.1, -0.05) is 22.0 Å². The second kappa shape index (κ2) is 5.66. The Labute approximate surface area is 120 Å². The highest BCUT2D eigenvalue weighted by Gasteiger charge is 2.10. The van der Waals surface area contributed by atoms with Gasteiger partial charge in [-0.05, 0) is 60.9 Å². The molecule has 0 aliphatic heterocycles. The first-order chi connectivity index (χ1) is 8.95. The SMILES string of the molecule is Cc1cc(Br)cc(C(=O)Cc2cc(F)ccc2C)c1. The Morgan fingerprint density at radius 3 is 2.58 bits per heavy atom. The maximum atomic E-state index is 13.2. The van der Waals surface area contributed by atoms with E-state index in [2.05, 4.69) is 15.9 Å². The van der Waals surface area contributed by atoms with Crippen molar-refractivity contribution < 1.29 is 9.18 Å². The molecule has 0 aliphatic carbocycles. The average Bonchev–Trinajstić information content (AvgIpc) is 2.32.